The topological polar surface area (TPSA) is 12.0 Å². The highest BCUT2D eigenvalue weighted by Crippen LogP contribution is 2.22. The van der Waals surface area contributed by atoms with E-state index >= 15 is 0 Å². The minimum absolute atomic E-state index is 0.568. The predicted octanol–water partition coefficient (Wildman–Crippen LogP) is 3.60. The molecule has 0 amide bonds. The summed E-state index contributed by atoms with van der Waals surface area (Å²) in [5.41, 5.74) is 4.27. The maximum atomic E-state index is 5.88. The highest BCUT2D eigenvalue weighted by molar-refractivity contribution is 6.30. The lowest BCUT2D eigenvalue weighted by Gasteiger charge is -2.11. The van der Waals surface area contributed by atoms with Crippen LogP contribution in [0.5, 0.6) is 0 Å². The van der Waals surface area contributed by atoms with Crippen LogP contribution >= 0.6 is 11.6 Å². The maximum Gasteiger partial charge on any atom is 0.0406 e. The fourth-order valence-corrected chi connectivity index (χ4v) is 2.69. The number of rotatable bonds is 3. The molecule has 1 nitrogen and oxygen atoms in total. The van der Waals surface area contributed by atoms with E-state index < -0.39 is 0 Å². The van der Waals surface area contributed by atoms with Crippen LogP contribution in [0.25, 0.3) is 0 Å². The van der Waals surface area contributed by atoms with Crippen molar-refractivity contribution in [2.45, 2.75) is 25.4 Å². The molecule has 1 aliphatic carbocycles. The zero-order chi connectivity index (χ0) is 12.4. The van der Waals surface area contributed by atoms with Crippen LogP contribution in [-0.2, 0) is 19.4 Å². The van der Waals surface area contributed by atoms with Crippen LogP contribution in [0.2, 0.25) is 5.02 Å². The molecule has 92 valence electrons. The third-order valence-electron chi connectivity index (χ3n) is 3.56. The van der Waals surface area contributed by atoms with E-state index in [1.165, 1.54) is 16.7 Å². The van der Waals surface area contributed by atoms with E-state index in [9.17, 15) is 0 Å². The second-order valence-corrected chi connectivity index (χ2v) is 5.32. The van der Waals surface area contributed by atoms with Crippen molar-refractivity contribution in [3.63, 3.8) is 0 Å². The summed E-state index contributed by atoms with van der Waals surface area (Å²) in [6, 6.07) is 17.3. The molecule has 0 unspecified atom stereocenters. The molecule has 0 spiro atoms. The van der Waals surface area contributed by atoms with E-state index in [1.807, 2.05) is 12.1 Å². The van der Waals surface area contributed by atoms with E-state index in [0.717, 1.165) is 24.4 Å². The molecule has 0 bridgehead atoms. The normalized spacial score (nSPS) is 14.7. The molecule has 0 heterocycles. The van der Waals surface area contributed by atoms with Crippen molar-refractivity contribution in [1.82, 2.24) is 5.32 Å². The van der Waals surface area contributed by atoms with Gasteiger partial charge in [-0.3, -0.25) is 0 Å². The van der Waals surface area contributed by atoms with Gasteiger partial charge in [0.15, 0.2) is 0 Å². The largest absolute Gasteiger partial charge is 0.309 e. The van der Waals surface area contributed by atoms with Gasteiger partial charge in [0.1, 0.15) is 0 Å². The molecular weight excluding hydrogens is 242 g/mol. The summed E-state index contributed by atoms with van der Waals surface area (Å²) < 4.78 is 0. The Morgan fingerprint density at radius 3 is 2.17 bits per heavy atom. The summed E-state index contributed by atoms with van der Waals surface area (Å²) in [4.78, 5) is 0. The lowest BCUT2D eigenvalue weighted by Crippen LogP contribution is -2.28. The summed E-state index contributed by atoms with van der Waals surface area (Å²) in [6.07, 6.45) is 2.29. The zero-order valence-corrected chi connectivity index (χ0v) is 11.0. The van der Waals surface area contributed by atoms with Crippen molar-refractivity contribution in [2.24, 2.45) is 0 Å². The van der Waals surface area contributed by atoms with Crippen LogP contribution in [-0.4, -0.2) is 6.04 Å². The van der Waals surface area contributed by atoms with Gasteiger partial charge in [0.05, 0.1) is 0 Å². The van der Waals surface area contributed by atoms with Crippen LogP contribution in [0.4, 0.5) is 0 Å². The number of hydrogen-bond donors (Lipinski definition) is 1. The van der Waals surface area contributed by atoms with Crippen LogP contribution < -0.4 is 5.32 Å². The van der Waals surface area contributed by atoms with Gasteiger partial charge < -0.3 is 5.32 Å². The Kier molecular flexibility index (Phi) is 3.35. The highest BCUT2D eigenvalue weighted by atomic mass is 35.5. The molecule has 0 saturated heterocycles. The summed E-state index contributed by atoms with van der Waals surface area (Å²) in [5, 5.41) is 4.42. The predicted molar refractivity (Wildman–Crippen MR) is 75.9 cm³/mol. The smallest absolute Gasteiger partial charge is 0.0406 e. The van der Waals surface area contributed by atoms with Crippen molar-refractivity contribution in [2.75, 3.05) is 0 Å². The van der Waals surface area contributed by atoms with Gasteiger partial charge >= 0.3 is 0 Å². The van der Waals surface area contributed by atoms with E-state index in [2.05, 4.69) is 41.7 Å². The molecule has 0 radical (unpaired) electrons. The first-order valence-corrected chi connectivity index (χ1v) is 6.74. The van der Waals surface area contributed by atoms with Crippen molar-refractivity contribution >= 4 is 11.6 Å². The number of fused-ring (bicyclic) bond motifs is 1. The monoisotopic (exact) mass is 257 g/mol. The second-order valence-electron chi connectivity index (χ2n) is 4.88. The molecule has 0 aromatic heterocycles. The minimum Gasteiger partial charge on any atom is -0.309 e. The van der Waals surface area contributed by atoms with Crippen LogP contribution in [0.3, 0.4) is 0 Å². The first-order chi connectivity index (χ1) is 8.81. The Bertz CT molecular complexity index is 508. The zero-order valence-electron chi connectivity index (χ0n) is 10.2. The fraction of sp³-hybridized carbons (Fsp3) is 0.250. The van der Waals surface area contributed by atoms with Crippen molar-refractivity contribution in [1.29, 1.82) is 0 Å². The highest BCUT2D eigenvalue weighted by Gasteiger charge is 2.19. The molecule has 2 heteroatoms. The molecule has 2 aromatic carbocycles. The number of halogens is 1. The van der Waals surface area contributed by atoms with Crippen LogP contribution in [0.15, 0.2) is 48.5 Å². The molecule has 0 fully saturated rings. The van der Waals surface area contributed by atoms with Gasteiger partial charge in [-0.1, -0.05) is 48.0 Å². The molecule has 3 rings (SSSR count). The molecule has 1 aliphatic rings. The lowest BCUT2D eigenvalue weighted by molar-refractivity contribution is 0.533. The third kappa shape index (κ3) is 2.58. The average Bonchev–Trinajstić information content (AvgIpc) is 2.81. The van der Waals surface area contributed by atoms with E-state index in [1.54, 1.807) is 0 Å². The maximum absolute atomic E-state index is 5.88. The number of benzene rings is 2. The van der Waals surface area contributed by atoms with Crippen molar-refractivity contribution in [3.05, 3.63) is 70.2 Å². The van der Waals surface area contributed by atoms with Gasteiger partial charge in [0.2, 0.25) is 0 Å². The van der Waals surface area contributed by atoms with Gasteiger partial charge in [-0.05, 0) is 41.7 Å². The van der Waals surface area contributed by atoms with Crippen LogP contribution in [0.1, 0.15) is 16.7 Å². The molecule has 2 aromatic rings. The SMILES string of the molecule is Clc1ccc(CNC2Cc3ccccc3C2)cc1. The Morgan fingerprint density at radius 2 is 1.56 bits per heavy atom. The van der Waals surface area contributed by atoms with Gasteiger partial charge in [-0.25, -0.2) is 0 Å². The fourth-order valence-electron chi connectivity index (χ4n) is 2.57. The Balaban J connectivity index is 1.58. The van der Waals surface area contributed by atoms with Gasteiger partial charge in [-0.15, -0.1) is 0 Å². The van der Waals surface area contributed by atoms with Gasteiger partial charge in [0, 0.05) is 17.6 Å². The first kappa shape index (κ1) is 11.8. The van der Waals surface area contributed by atoms with Gasteiger partial charge in [-0.2, -0.15) is 0 Å². The van der Waals surface area contributed by atoms with E-state index in [4.69, 9.17) is 11.6 Å². The third-order valence-corrected chi connectivity index (χ3v) is 3.81. The average molecular weight is 258 g/mol. The Morgan fingerprint density at radius 1 is 0.944 bits per heavy atom. The summed E-state index contributed by atoms with van der Waals surface area (Å²) in [5.74, 6) is 0. The second kappa shape index (κ2) is 5.13. The van der Waals surface area contributed by atoms with E-state index in [-0.39, 0.29) is 0 Å². The molecule has 1 N–H and O–H groups in total. The molecule has 18 heavy (non-hydrogen) atoms. The lowest BCUT2D eigenvalue weighted by atomic mass is 10.1. The minimum atomic E-state index is 0.568. The molecule has 0 aliphatic heterocycles. The number of nitrogens with one attached hydrogen (secondary N) is 1. The van der Waals surface area contributed by atoms with E-state index in [0.29, 0.717) is 6.04 Å². The molecular formula is C16H16ClN. The molecule has 0 atom stereocenters. The quantitative estimate of drug-likeness (QED) is 0.886. The van der Waals surface area contributed by atoms with Gasteiger partial charge in [0.25, 0.3) is 0 Å². The van der Waals surface area contributed by atoms with Crippen LogP contribution in [0, 0.1) is 0 Å². The first-order valence-electron chi connectivity index (χ1n) is 6.36. The Hall–Kier alpha value is -1.31. The Labute approximate surface area is 113 Å². The van der Waals surface area contributed by atoms with Crippen molar-refractivity contribution < 1.29 is 0 Å². The summed E-state index contributed by atoms with van der Waals surface area (Å²) >= 11 is 5.88. The standard InChI is InChI=1S/C16H16ClN/c17-15-7-5-12(6-8-15)11-18-16-9-13-3-1-2-4-14(13)10-16/h1-8,16,18H,9-11H2. The summed E-state index contributed by atoms with van der Waals surface area (Å²) in [6.45, 7) is 0.913. The molecule has 0 saturated carbocycles. The summed E-state index contributed by atoms with van der Waals surface area (Å²) in [7, 11) is 0. The number of hydrogen-bond acceptors (Lipinski definition) is 1. The van der Waals surface area contributed by atoms with Crippen molar-refractivity contribution in [3.8, 4) is 0 Å².